The van der Waals surface area contributed by atoms with Gasteiger partial charge in [-0.1, -0.05) is 72.8 Å². The zero-order valence-electron chi connectivity index (χ0n) is 16.0. The first-order valence-corrected chi connectivity index (χ1v) is 10.4. The molecule has 0 bridgehead atoms. The summed E-state index contributed by atoms with van der Waals surface area (Å²) in [4.78, 5) is 25.7. The molecule has 29 heavy (non-hydrogen) atoms. The normalized spacial score (nSPS) is 11.7. The van der Waals surface area contributed by atoms with Crippen LogP contribution in [-0.2, 0) is 20.7 Å². The first-order valence-electron chi connectivity index (χ1n) is 9.31. The number of ether oxygens (including phenoxy) is 1. The number of methoxy groups -OCH3 is 1. The lowest BCUT2D eigenvalue weighted by Gasteiger charge is -2.22. The number of halogens is 1. The fourth-order valence-corrected chi connectivity index (χ4v) is 3.88. The number of benzene rings is 3. The first kappa shape index (κ1) is 21.0. The summed E-state index contributed by atoms with van der Waals surface area (Å²) < 4.78 is 6.02. The summed E-state index contributed by atoms with van der Waals surface area (Å²) >= 11 is 2.23. The van der Waals surface area contributed by atoms with E-state index in [1.54, 1.807) is 0 Å². The fraction of sp³-hybridized carbons (Fsp3) is 0.167. The number of nitrogens with one attached hydrogen (secondary N) is 1. The van der Waals surface area contributed by atoms with Gasteiger partial charge in [-0.15, -0.1) is 0 Å². The van der Waals surface area contributed by atoms with Crippen LogP contribution in [0.2, 0.25) is 0 Å². The number of amides is 1. The second kappa shape index (κ2) is 10.2. The van der Waals surface area contributed by atoms with Crippen LogP contribution in [0.3, 0.4) is 0 Å². The maximum Gasteiger partial charge on any atom is 0.328 e. The molecule has 1 N–H and O–H groups in total. The van der Waals surface area contributed by atoms with Crippen molar-refractivity contribution >= 4 is 34.5 Å². The van der Waals surface area contributed by atoms with Crippen LogP contribution < -0.4 is 5.32 Å². The Labute approximate surface area is 184 Å². The Kier molecular flexibility index (Phi) is 7.41. The average molecular weight is 499 g/mol. The van der Waals surface area contributed by atoms with E-state index in [1.807, 2.05) is 84.9 Å². The molecule has 148 valence electrons. The van der Waals surface area contributed by atoms with Gasteiger partial charge < -0.3 is 10.1 Å². The molecule has 0 saturated carbocycles. The Morgan fingerprint density at radius 2 is 1.48 bits per heavy atom. The Morgan fingerprint density at radius 1 is 0.897 bits per heavy atom. The molecule has 0 radical (unpaired) electrons. The topological polar surface area (TPSA) is 55.4 Å². The lowest BCUT2D eigenvalue weighted by molar-refractivity contribution is -0.145. The van der Waals surface area contributed by atoms with Gasteiger partial charge >= 0.3 is 5.97 Å². The van der Waals surface area contributed by atoms with E-state index >= 15 is 0 Å². The van der Waals surface area contributed by atoms with Gasteiger partial charge in [0.25, 0.3) is 0 Å². The van der Waals surface area contributed by atoms with Crippen molar-refractivity contribution in [2.24, 2.45) is 0 Å². The van der Waals surface area contributed by atoms with Crippen molar-refractivity contribution in [3.05, 3.63) is 105 Å². The minimum absolute atomic E-state index is 0.233. The predicted octanol–water partition coefficient (Wildman–Crippen LogP) is 4.32. The van der Waals surface area contributed by atoms with E-state index in [9.17, 15) is 9.59 Å². The number of hydrogen-bond donors (Lipinski definition) is 1. The molecule has 3 rings (SSSR count). The maximum absolute atomic E-state index is 13.3. The van der Waals surface area contributed by atoms with Gasteiger partial charge in [0.05, 0.1) is 13.0 Å². The third-order valence-electron chi connectivity index (χ3n) is 4.66. The number of hydrogen-bond acceptors (Lipinski definition) is 3. The Bertz CT molecular complexity index is 921. The summed E-state index contributed by atoms with van der Waals surface area (Å²) in [5.74, 6) is -1.21. The van der Waals surface area contributed by atoms with Gasteiger partial charge in [0, 0.05) is 9.99 Å². The van der Waals surface area contributed by atoms with Crippen molar-refractivity contribution in [2.45, 2.75) is 18.4 Å². The van der Waals surface area contributed by atoms with Gasteiger partial charge in [0.15, 0.2) is 0 Å². The van der Waals surface area contributed by atoms with E-state index < -0.39 is 17.9 Å². The van der Waals surface area contributed by atoms with Gasteiger partial charge in [0.1, 0.15) is 6.04 Å². The fourth-order valence-electron chi connectivity index (χ4n) is 3.28. The van der Waals surface area contributed by atoms with E-state index in [0.29, 0.717) is 6.42 Å². The van der Waals surface area contributed by atoms with Crippen molar-refractivity contribution in [3.8, 4) is 0 Å². The van der Waals surface area contributed by atoms with E-state index in [4.69, 9.17) is 4.74 Å². The third kappa shape index (κ3) is 5.67. The van der Waals surface area contributed by atoms with Crippen molar-refractivity contribution in [2.75, 3.05) is 7.11 Å². The van der Waals surface area contributed by atoms with Crippen molar-refractivity contribution in [1.82, 2.24) is 5.32 Å². The van der Waals surface area contributed by atoms with Crippen LogP contribution in [0.5, 0.6) is 0 Å². The summed E-state index contributed by atoms with van der Waals surface area (Å²) in [6.45, 7) is 0. The Balaban J connectivity index is 1.88. The summed E-state index contributed by atoms with van der Waals surface area (Å²) in [7, 11) is 1.34. The lowest BCUT2D eigenvalue weighted by atomic mass is 9.90. The van der Waals surface area contributed by atoms with E-state index in [-0.39, 0.29) is 5.91 Å². The number of esters is 1. The van der Waals surface area contributed by atoms with Crippen LogP contribution in [0.15, 0.2) is 84.9 Å². The molecule has 1 amide bonds. The largest absolute Gasteiger partial charge is 0.467 e. The highest BCUT2D eigenvalue weighted by atomic mass is 127. The van der Waals surface area contributed by atoms with Crippen LogP contribution in [0, 0.1) is 3.57 Å². The van der Waals surface area contributed by atoms with Crippen molar-refractivity contribution in [1.29, 1.82) is 0 Å². The van der Waals surface area contributed by atoms with Crippen LogP contribution in [0.25, 0.3) is 0 Å². The first-order chi connectivity index (χ1) is 14.1. The lowest BCUT2D eigenvalue weighted by Crippen LogP contribution is -2.45. The van der Waals surface area contributed by atoms with Crippen LogP contribution >= 0.6 is 22.6 Å². The Morgan fingerprint density at radius 3 is 2.00 bits per heavy atom. The summed E-state index contributed by atoms with van der Waals surface area (Å²) in [6, 6.07) is 26.2. The van der Waals surface area contributed by atoms with Crippen LogP contribution in [-0.4, -0.2) is 25.0 Å². The zero-order valence-corrected chi connectivity index (χ0v) is 18.2. The molecular formula is C24H22INO3. The smallest absolute Gasteiger partial charge is 0.328 e. The number of rotatable bonds is 7. The minimum atomic E-state index is -0.763. The molecule has 0 fully saturated rings. The molecule has 0 aliphatic heterocycles. The molecule has 0 aliphatic rings. The highest BCUT2D eigenvalue weighted by molar-refractivity contribution is 14.1. The number of carbonyl (C=O) groups excluding carboxylic acids is 2. The van der Waals surface area contributed by atoms with Gasteiger partial charge in [-0.2, -0.15) is 0 Å². The molecular weight excluding hydrogens is 477 g/mol. The SMILES string of the molecule is COC(=O)[C@H](Cc1cccc(I)c1)NC(=O)C(c1ccccc1)c1ccccc1. The monoisotopic (exact) mass is 499 g/mol. The second-order valence-corrected chi connectivity index (χ2v) is 7.92. The highest BCUT2D eigenvalue weighted by Crippen LogP contribution is 2.25. The molecule has 3 aromatic rings. The van der Waals surface area contributed by atoms with Crippen LogP contribution in [0.4, 0.5) is 0 Å². The van der Waals surface area contributed by atoms with Gasteiger partial charge in [-0.3, -0.25) is 4.79 Å². The van der Waals surface area contributed by atoms with Crippen LogP contribution in [0.1, 0.15) is 22.6 Å². The minimum Gasteiger partial charge on any atom is -0.467 e. The predicted molar refractivity (Wildman–Crippen MR) is 122 cm³/mol. The van der Waals surface area contributed by atoms with E-state index in [0.717, 1.165) is 20.3 Å². The molecule has 4 nitrogen and oxygen atoms in total. The summed E-state index contributed by atoms with van der Waals surface area (Å²) in [5.41, 5.74) is 2.70. The summed E-state index contributed by atoms with van der Waals surface area (Å²) in [5, 5.41) is 2.92. The molecule has 0 aromatic heterocycles. The molecule has 1 atom stereocenters. The van der Waals surface area contributed by atoms with E-state index in [2.05, 4.69) is 27.9 Å². The summed E-state index contributed by atoms with van der Waals surface area (Å²) in [6.07, 6.45) is 0.367. The second-order valence-electron chi connectivity index (χ2n) is 6.67. The quantitative estimate of drug-likeness (QED) is 0.389. The maximum atomic E-state index is 13.3. The standard InChI is InChI=1S/C24H22INO3/c1-29-24(28)21(16-17-9-8-14-20(25)15-17)26-23(27)22(18-10-4-2-5-11-18)19-12-6-3-7-13-19/h2-15,21-22H,16H2,1H3,(H,26,27)/t21-/m0/s1. The van der Waals surface area contributed by atoms with Crippen molar-refractivity contribution < 1.29 is 14.3 Å². The van der Waals surface area contributed by atoms with Gasteiger partial charge in [-0.05, 0) is 51.4 Å². The van der Waals surface area contributed by atoms with E-state index in [1.165, 1.54) is 7.11 Å². The molecule has 0 saturated heterocycles. The third-order valence-corrected chi connectivity index (χ3v) is 5.33. The molecule has 0 heterocycles. The molecule has 0 spiro atoms. The molecule has 0 aliphatic carbocycles. The highest BCUT2D eigenvalue weighted by Gasteiger charge is 2.28. The average Bonchev–Trinajstić information content (AvgIpc) is 2.74. The molecule has 3 aromatic carbocycles. The number of carbonyl (C=O) groups is 2. The zero-order chi connectivity index (χ0) is 20.6. The molecule has 5 heteroatoms. The van der Waals surface area contributed by atoms with Crippen molar-refractivity contribution in [3.63, 3.8) is 0 Å². The Hall–Kier alpha value is -2.67. The van der Waals surface area contributed by atoms with Gasteiger partial charge in [0.2, 0.25) is 5.91 Å². The molecule has 0 unspecified atom stereocenters. The van der Waals surface area contributed by atoms with Gasteiger partial charge in [-0.25, -0.2) is 4.79 Å².